The van der Waals surface area contributed by atoms with Gasteiger partial charge in [-0.1, -0.05) is 0 Å². The van der Waals surface area contributed by atoms with Gasteiger partial charge >= 0.3 is 0 Å². The Morgan fingerprint density at radius 2 is 2.11 bits per heavy atom. The second-order valence-corrected chi connectivity index (χ2v) is 4.27. The highest BCUT2D eigenvalue weighted by Gasteiger charge is 2.21. The van der Waals surface area contributed by atoms with Crippen LogP contribution in [0, 0.1) is 15.9 Å². The molecule has 0 bridgehead atoms. The molecule has 2 N–H and O–H groups in total. The molecule has 0 radical (unpaired) electrons. The molecule has 1 atom stereocenters. The number of nitro benzene ring substituents is 1. The van der Waals surface area contributed by atoms with Gasteiger partial charge in [-0.3, -0.25) is 10.1 Å². The van der Waals surface area contributed by atoms with Crippen molar-refractivity contribution in [2.45, 2.75) is 6.04 Å². The predicted octanol–water partition coefficient (Wildman–Crippen LogP) is 3.27. The number of benzene rings is 1. The zero-order valence-electron chi connectivity index (χ0n) is 9.08. The van der Waals surface area contributed by atoms with Gasteiger partial charge in [0.25, 0.3) is 5.69 Å². The van der Waals surface area contributed by atoms with Crippen LogP contribution >= 0.6 is 23.7 Å². The standard InChI is InChI=1S/C11H9FN2O2S.ClH/c12-8-1-2-9(10(5-8)14(15)16)11(13)7-3-4-17-6-7;/h1-6,11H,13H2;1H/t11-;/m0./s1. The van der Waals surface area contributed by atoms with Gasteiger partial charge in [-0.25, -0.2) is 4.39 Å². The lowest BCUT2D eigenvalue weighted by molar-refractivity contribution is -0.385. The predicted molar refractivity (Wildman–Crippen MR) is 70.7 cm³/mol. The third-order valence-corrected chi connectivity index (χ3v) is 3.13. The van der Waals surface area contributed by atoms with E-state index in [0.717, 1.165) is 11.6 Å². The van der Waals surface area contributed by atoms with Crippen LogP contribution in [0.3, 0.4) is 0 Å². The van der Waals surface area contributed by atoms with Gasteiger partial charge in [-0.05, 0) is 34.5 Å². The van der Waals surface area contributed by atoms with E-state index in [4.69, 9.17) is 5.73 Å². The fraction of sp³-hybridized carbons (Fsp3) is 0.0909. The monoisotopic (exact) mass is 288 g/mol. The minimum absolute atomic E-state index is 0. The van der Waals surface area contributed by atoms with E-state index in [9.17, 15) is 14.5 Å². The zero-order chi connectivity index (χ0) is 12.4. The Kier molecular flexibility index (Phi) is 4.77. The first kappa shape index (κ1) is 14.6. The minimum Gasteiger partial charge on any atom is -0.320 e. The van der Waals surface area contributed by atoms with Crippen LogP contribution in [-0.4, -0.2) is 4.92 Å². The molecule has 0 aliphatic carbocycles. The Morgan fingerprint density at radius 3 is 2.67 bits per heavy atom. The molecule has 0 saturated heterocycles. The molecule has 0 amide bonds. The van der Waals surface area contributed by atoms with E-state index >= 15 is 0 Å². The van der Waals surface area contributed by atoms with Crippen LogP contribution in [0.1, 0.15) is 17.2 Å². The molecule has 96 valence electrons. The molecule has 0 aliphatic rings. The van der Waals surface area contributed by atoms with Crippen LogP contribution in [0.5, 0.6) is 0 Å². The Balaban J connectivity index is 0.00000162. The number of hydrogen-bond donors (Lipinski definition) is 1. The number of thiophene rings is 1. The van der Waals surface area contributed by atoms with E-state index < -0.39 is 16.8 Å². The van der Waals surface area contributed by atoms with Gasteiger partial charge in [0.2, 0.25) is 0 Å². The Bertz CT molecular complexity index is 548. The molecule has 2 aromatic rings. The Labute approximate surface area is 113 Å². The smallest absolute Gasteiger partial charge is 0.277 e. The first-order valence-corrected chi connectivity index (χ1v) is 5.75. The summed E-state index contributed by atoms with van der Waals surface area (Å²) in [6.45, 7) is 0. The van der Waals surface area contributed by atoms with Gasteiger partial charge < -0.3 is 5.73 Å². The molecule has 0 spiro atoms. The van der Waals surface area contributed by atoms with Crippen molar-refractivity contribution in [3.8, 4) is 0 Å². The van der Waals surface area contributed by atoms with Crippen molar-refractivity contribution in [3.63, 3.8) is 0 Å². The molecule has 1 heterocycles. The number of nitrogens with two attached hydrogens (primary N) is 1. The molecule has 18 heavy (non-hydrogen) atoms. The SMILES string of the molecule is Cl.N[C@@H](c1ccsc1)c1ccc(F)cc1[N+](=O)[O-]. The van der Waals surface area contributed by atoms with Crippen LogP contribution in [0.15, 0.2) is 35.0 Å². The molecule has 0 fully saturated rings. The third-order valence-electron chi connectivity index (χ3n) is 2.43. The van der Waals surface area contributed by atoms with E-state index in [2.05, 4.69) is 0 Å². The van der Waals surface area contributed by atoms with E-state index in [1.165, 1.54) is 23.5 Å². The largest absolute Gasteiger partial charge is 0.320 e. The van der Waals surface area contributed by atoms with Gasteiger partial charge in [0.05, 0.1) is 22.6 Å². The van der Waals surface area contributed by atoms with Crippen LogP contribution in [-0.2, 0) is 0 Å². The fourth-order valence-electron chi connectivity index (χ4n) is 1.57. The van der Waals surface area contributed by atoms with Crippen molar-refractivity contribution < 1.29 is 9.31 Å². The highest BCUT2D eigenvalue weighted by Crippen LogP contribution is 2.29. The molecule has 7 heteroatoms. The summed E-state index contributed by atoms with van der Waals surface area (Å²) < 4.78 is 13.0. The molecule has 1 aromatic heterocycles. The number of nitro groups is 1. The summed E-state index contributed by atoms with van der Waals surface area (Å²) in [5, 5.41) is 14.5. The number of rotatable bonds is 3. The van der Waals surface area contributed by atoms with E-state index in [1.54, 1.807) is 6.07 Å². The van der Waals surface area contributed by atoms with Gasteiger partial charge in [0.15, 0.2) is 0 Å². The second-order valence-electron chi connectivity index (χ2n) is 3.49. The second kappa shape index (κ2) is 5.90. The summed E-state index contributed by atoms with van der Waals surface area (Å²) in [5.74, 6) is -0.641. The normalized spacial score (nSPS) is 11.7. The van der Waals surface area contributed by atoms with Crippen molar-refractivity contribution >= 4 is 29.4 Å². The molecule has 1 aromatic carbocycles. The lowest BCUT2D eigenvalue weighted by atomic mass is 10.0. The quantitative estimate of drug-likeness (QED) is 0.696. The number of hydrogen-bond acceptors (Lipinski definition) is 4. The maximum atomic E-state index is 13.0. The lowest BCUT2D eigenvalue weighted by Crippen LogP contribution is -2.13. The first-order chi connectivity index (χ1) is 8.09. The van der Waals surface area contributed by atoms with Crippen molar-refractivity contribution in [2.75, 3.05) is 0 Å². The number of halogens is 2. The van der Waals surface area contributed by atoms with E-state index in [0.29, 0.717) is 5.56 Å². The summed E-state index contributed by atoms with van der Waals surface area (Å²) in [5.41, 5.74) is 6.74. The fourth-order valence-corrected chi connectivity index (χ4v) is 2.27. The Hall–Kier alpha value is -1.50. The highest BCUT2D eigenvalue weighted by atomic mass is 35.5. The van der Waals surface area contributed by atoms with E-state index in [1.807, 2.05) is 10.8 Å². The van der Waals surface area contributed by atoms with Crippen LogP contribution in [0.4, 0.5) is 10.1 Å². The summed E-state index contributed by atoms with van der Waals surface area (Å²) >= 11 is 1.46. The van der Waals surface area contributed by atoms with Gasteiger partial charge in [-0.2, -0.15) is 11.3 Å². The summed E-state index contributed by atoms with van der Waals surface area (Å²) in [4.78, 5) is 10.2. The van der Waals surface area contributed by atoms with Crippen molar-refractivity contribution in [1.29, 1.82) is 0 Å². The molecule has 4 nitrogen and oxygen atoms in total. The van der Waals surface area contributed by atoms with Crippen molar-refractivity contribution in [3.05, 3.63) is 62.1 Å². The van der Waals surface area contributed by atoms with Crippen molar-refractivity contribution in [2.24, 2.45) is 5.73 Å². The number of nitrogens with zero attached hydrogens (tertiary/aromatic N) is 1. The average Bonchev–Trinajstić information content (AvgIpc) is 2.81. The molecule has 0 aliphatic heterocycles. The van der Waals surface area contributed by atoms with Crippen LogP contribution < -0.4 is 5.73 Å². The first-order valence-electron chi connectivity index (χ1n) is 4.81. The Morgan fingerprint density at radius 1 is 1.39 bits per heavy atom. The maximum Gasteiger partial charge on any atom is 0.277 e. The zero-order valence-corrected chi connectivity index (χ0v) is 10.7. The van der Waals surface area contributed by atoms with Crippen LogP contribution in [0.2, 0.25) is 0 Å². The summed E-state index contributed by atoms with van der Waals surface area (Å²) in [6, 6.07) is 4.61. The van der Waals surface area contributed by atoms with Crippen LogP contribution in [0.25, 0.3) is 0 Å². The molecule has 2 rings (SSSR count). The highest BCUT2D eigenvalue weighted by molar-refractivity contribution is 7.08. The van der Waals surface area contributed by atoms with Gasteiger partial charge in [-0.15, -0.1) is 12.4 Å². The molecule has 0 unspecified atom stereocenters. The average molecular weight is 289 g/mol. The molecular formula is C11H10ClFN2O2S. The van der Waals surface area contributed by atoms with E-state index in [-0.39, 0.29) is 18.1 Å². The van der Waals surface area contributed by atoms with Gasteiger partial charge in [0, 0.05) is 0 Å². The third kappa shape index (κ3) is 2.84. The van der Waals surface area contributed by atoms with Crippen molar-refractivity contribution in [1.82, 2.24) is 0 Å². The summed E-state index contributed by atoms with van der Waals surface area (Å²) in [7, 11) is 0. The maximum absolute atomic E-state index is 13.0. The van der Waals surface area contributed by atoms with Gasteiger partial charge in [0.1, 0.15) is 5.82 Å². The minimum atomic E-state index is -0.641. The molecular weight excluding hydrogens is 279 g/mol. The lowest BCUT2D eigenvalue weighted by Gasteiger charge is -2.10. The topological polar surface area (TPSA) is 69.2 Å². The summed E-state index contributed by atoms with van der Waals surface area (Å²) in [6.07, 6.45) is 0. The molecule has 0 saturated carbocycles.